The standard InChI is InChI=1S/C22H24N4OS/c1-4-27-17-10-8-16(9-11-17)26-21(18-13-14(2)24-15(18)3)20(25-22(26)28)19-7-5-6-12-23-19/h5-13,20-21,24H,4H2,1-3H3,(H,25,28)/t20-,21+/m1/s1. The number of aromatic nitrogens is 2. The zero-order valence-electron chi connectivity index (χ0n) is 16.3. The number of rotatable bonds is 5. The third-order valence-corrected chi connectivity index (χ3v) is 5.35. The molecule has 28 heavy (non-hydrogen) atoms. The summed E-state index contributed by atoms with van der Waals surface area (Å²) in [7, 11) is 0. The summed E-state index contributed by atoms with van der Waals surface area (Å²) in [6.07, 6.45) is 1.83. The van der Waals surface area contributed by atoms with Crippen molar-refractivity contribution in [1.29, 1.82) is 0 Å². The van der Waals surface area contributed by atoms with Gasteiger partial charge in [-0.15, -0.1) is 0 Å². The molecular weight excluding hydrogens is 368 g/mol. The minimum atomic E-state index is -0.0332. The summed E-state index contributed by atoms with van der Waals surface area (Å²) in [6, 6.07) is 16.3. The van der Waals surface area contributed by atoms with E-state index in [9.17, 15) is 0 Å². The summed E-state index contributed by atoms with van der Waals surface area (Å²) < 4.78 is 5.59. The first-order valence-electron chi connectivity index (χ1n) is 9.48. The Morgan fingerprint density at radius 1 is 1.14 bits per heavy atom. The summed E-state index contributed by atoms with van der Waals surface area (Å²) in [5.74, 6) is 0.857. The van der Waals surface area contributed by atoms with Gasteiger partial charge >= 0.3 is 0 Å². The SMILES string of the molecule is CCOc1ccc(N2C(=S)N[C@H](c3ccccn3)[C@@H]2c2cc(C)[nH]c2C)cc1. The molecule has 2 atom stereocenters. The zero-order valence-corrected chi connectivity index (χ0v) is 17.1. The summed E-state index contributed by atoms with van der Waals surface area (Å²) in [5.41, 5.74) is 5.50. The molecule has 4 rings (SSSR count). The molecule has 0 amide bonds. The van der Waals surface area contributed by atoms with Gasteiger partial charge in [0.15, 0.2) is 5.11 Å². The Bertz CT molecular complexity index is 968. The van der Waals surface area contributed by atoms with Gasteiger partial charge in [0.1, 0.15) is 5.75 Å². The smallest absolute Gasteiger partial charge is 0.174 e. The number of aromatic amines is 1. The molecule has 0 spiro atoms. The topological polar surface area (TPSA) is 53.2 Å². The maximum absolute atomic E-state index is 5.76. The molecule has 0 unspecified atom stereocenters. The molecule has 2 aromatic heterocycles. The number of nitrogens with zero attached hydrogens (tertiary/aromatic N) is 2. The van der Waals surface area contributed by atoms with Gasteiger partial charge in [0, 0.05) is 23.3 Å². The van der Waals surface area contributed by atoms with E-state index in [4.69, 9.17) is 17.0 Å². The summed E-state index contributed by atoms with van der Waals surface area (Å²) >= 11 is 5.76. The average molecular weight is 393 g/mol. The van der Waals surface area contributed by atoms with Crippen molar-refractivity contribution in [3.8, 4) is 5.75 Å². The Morgan fingerprint density at radius 3 is 2.54 bits per heavy atom. The number of H-pyrrole nitrogens is 1. The maximum Gasteiger partial charge on any atom is 0.174 e. The molecule has 0 radical (unpaired) electrons. The predicted molar refractivity (Wildman–Crippen MR) is 116 cm³/mol. The molecule has 5 nitrogen and oxygen atoms in total. The minimum absolute atomic E-state index is 0.00490. The quantitative estimate of drug-likeness (QED) is 0.622. The molecule has 0 bridgehead atoms. The van der Waals surface area contributed by atoms with Crippen molar-refractivity contribution in [3.63, 3.8) is 0 Å². The van der Waals surface area contributed by atoms with E-state index >= 15 is 0 Å². The molecular formula is C22H24N4OS. The highest BCUT2D eigenvalue weighted by Gasteiger charge is 2.41. The van der Waals surface area contributed by atoms with Crippen LogP contribution in [0.15, 0.2) is 54.7 Å². The van der Waals surface area contributed by atoms with Crippen LogP contribution in [0.3, 0.4) is 0 Å². The number of hydrogen-bond donors (Lipinski definition) is 2. The third-order valence-electron chi connectivity index (χ3n) is 5.03. The van der Waals surface area contributed by atoms with E-state index in [-0.39, 0.29) is 12.1 Å². The number of pyridine rings is 1. The van der Waals surface area contributed by atoms with E-state index in [2.05, 4.69) is 52.2 Å². The normalized spacial score (nSPS) is 19.0. The highest BCUT2D eigenvalue weighted by atomic mass is 32.1. The van der Waals surface area contributed by atoms with E-state index in [1.54, 1.807) is 0 Å². The second-order valence-electron chi connectivity index (χ2n) is 6.96. The lowest BCUT2D eigenvalue weighted by molar-refractivity contribution is 0.340. The first kappa shape index (κ1) is 18.5. The van der Waals surface area contributed by atoms with Gasteiger partial charge in [-0.1, -0.05) is 6.07 Å². The number of hydrogen-bond acceptors (Lipinski definition) is 3. The van der Waals surface area contributed by atoms with E-state index in [1.807, 2.05) is 43.5 Å². The zero-order chi connectivity index (χ0) is 19.7. The van der Waals surface area contributed by atoms with Crippen molar-refractivity contribution >= 4 is 23.0 Å². The van der Waals surface area contributed by atoms with E-state index in [0.29, 0.717) is 11.7 Å². The van der Waals surface area contributed by atoms with Gasteiger partial charge in [-0.05, 0) is 81.0 Å². The van der Waals surface area contributed by atoms with Crippen molar-refractivity contribution in [1.82, 2.24) is 15.3 Å². The van der Waals surface area contributed by atoms with Gasteiger partial charge in [-0.25, -0.2) is 0 Å². The lowest BCUT2D eigenvalue weighted by Crippen LogP contribution is -2.29. The Hall–Kier alpha value is -2.86. The number of ether oxygens (including phenoxy) is 1. The van der Waals surface area contributed by atoms with Crippen LogP contribution in [-0.4, -0.2) is 21.7 Å². The fraction of sp³-hybridized carbons (Fsp3) is 0.273. The van der Waals surface area contributed by atoms with Crippen molar-refractivity contribution in [3.05, 3.63) is 77.4 Å². The molecule has 144 valence electrons. The van der Waals surface area contributed by atoms with Crippen molar-refractivity contribution < 1.29 is 4.74 Å². The predicted octanol–water partition coefficient (Wildman–Crippen LogP) is 4.60. The maximum atomic E-state index is 5.76. The van der Waals surface area contributed by atoms with Crippen LogP contribution in [-0.2, 0) is 0 Å². The highest BCUT2D eigenvalue weighted by molar-refractivity contribution is 7.80. The molecule has 1 aliphatic heterocycles. The molecule has 2 N–H and O–H groups in total. The van der Waals surface area contributed by atoms with Crippen LogP contribution < -0.4 is 15.0 Å². The lowest BCUT2D eigenvalue weighted by atomic mass is 9.96. The number of aryl methyl sites for hydroxylation is 2. The Balaban J connectivity index is 1.79. The third kappa shape index (κ3) is 3.36. The Labute approximate surface area is 170 Å². The molecule has 1 aromatic carbocycles. The van der Waals surface area contributed by atoms with Crippen LogP contribution in [0.5, 0.6) is 5.75 Å². The van der Waals surface area contributed by atoms with Gasteiger partial charge < -0.3 is 19.9 Å². The van der Waals surface area contributed by atoms with Gasteiger partial charge in [-0.3, -0.25) is 4.98 Å². The van der Waals surface area contributed by atoms with Gasteiger partial charge in [0.2, 0.25) is 0 Å². The molecule has 3 heterocycles. The van der Waals surface area contributed by atoms with Crippen LogP contribution in [0.25, 0.3) is 0 Å². The van der Waals surface area contributed by atoms with Crippen LogP contribution in [0.4, 0.5) is 5.69 Å². The second-order valence-corrected chi connectivity index (χ2v) is 7.34. The highest BCUT2D eigenvalue weighted by Crippen LogP contribution is 2.42. The van der Waals surface area contributed by atoms with Gasteiger partial charge in [-0.2, -0.15) is 0 Å². The average Bonchev–Trinajstić information content (AvgIpc) is 3.21. The molecule has 0 aliphatic carbocycles. The first-order valence-corrected chi connectivity index (χ1v) is 9.89. The van der Waals surface area contributed by atoms with E-state index in [0.717, 1.165) is 28.5 Å². The molecule has 1 fully saturated rings. The number of benzene rings is 1. The number of thiocarbonyl (C=S) groups is 1. The van der Waals surface area contributed by atoms with Crippen LogP contribution >= 0.6 is 12.2 Å². The van der Waals surface area contributed by atoms with Gasteiger partial charge in [0.05, 0.1) is 24.4 Å². The second kappa shape index (κ2) is 7.64. The molecule has 0 saturated carbocycles. The molecule has 6 heteroatoms. The Kier molecular flexibility index (Phi) is 5.05. The summed E-state index contributed by atoms with van der Waals surface area (Å²) in [5, 5.41) is 4.19. The Morgan fingerprint density at radius 2 is 1.93 bits per heavy atom. The molecule has 3 aromatic rings. The number of nitrogens with one attached hydrogen (secondary N) is 2. The minimum Gasteiger partial charge on any atom is -0.494 e. The largest absolute Gasteiger partial charge is 0.494 e. The fourth-order valence-electron chi connectivity index (χ4n) is 3.87. The monoisotopic (exact) mass is 392 g/mol. The van der Waals surface area contributed by atoms with Crippen molar-refractivity contribution in [2.75, 3.05) is 11.5 Å². The van der Waals surface area contributed by atoms with Crippen LogP contribution in [0, 0.1) is 13.8 Å². The van der Waals surface area contributed by atoms with Gasteiger partial charge in [0.25, 0.3) is 0 Å². The van der Waals surface area contributed by atoms with Crippen LogP contribution in [0.2, 0.25) is 0 Å². The fourth-order valence-corrected chi connectivity index (χ4v) is 4.22. The molecule has 1 saturated heterocycles. The summed E-state index contributed by atoms with van der Waals surface area (Å²) in [4.78, 5) is 10.2. The van der Waals surface area contributed by atoms with Crippen molar-refractivity contribution in [2.24, 2.45) is 0 Å². The summed E-state index contributed by atoms with van der Waals surface area (Å²) in [6.45, 7) is 6.82. The van der Waals surface area contributed by atoms with E-state index in [1.165, 1.54) is 5.56 Å². The molecule has 1 aliphatic rings. The number of anilines is 1. The first-order chi connectivity index (χ1) is 13.6. The van der Waals surface area contributed by atoms with E-state index < -0.39 is 0 Å². The van der Waals surface area contributed by atoms with Crippen molar-refractivity contribution in [2.45, 2.75) is 32.9 Å². The lowest BCUT2D eigenvalue weighted by Gasteiger charge is -2.28. The van der Waals surface area contributed by atoms with Crippen LogP contribution in [0.1, 0.15) is 41.7 Å².